The second-order valence-corrected chi connectivity index (χ2v) is 2.36. The summed E-state index contributed by atoms with van der Waals surface area (Å²) < 4.78 is 35.2. The summed E-state index contributed by atoms with van der Waals surface area (Å²) in [5, 5.41) is 7.52. The molecule has 4 nitrogen and oxygen atoms in total. The number of alkyl halides is 3. The van der Waals surface area contributed by atoms with Gasteiger partial charge in [-0.1, -0.05) is 0 Å². The van der Waals surface area contributed by atoms with Gasteiger partial charge in [0.2, 0.25) is 0 Å². The van der Waals surface area contributed by atoms with Gasteiger partial charge in [0.25, 0.3) is 0 Å². The van der Waals surface area contributed by atoms with Gasteiger partial charge in [0.1, 0.15) is 0 Å². The molecule has 0 atom stereocenters. The van der Waals surface area contributed by atoms with Gasteiger partial charge in [0.05, 0.1) is 17.6 Å². The van der Waals surface area contributed by atoms with E-state index in [1.807, 2.05) is 0 Å². The third-order valence-electron chi connectivity index (χ3n) is 1.34. The summed E-state index contributed by atoms with van der Waals surface area (Å²) in [6, 6.07) is 0. The Morgan fingerprint density at radius 2 is 2.23 bits per heavy atom. The first-order valence-electron chi connectivity index (χ1n) is 3.29. The molecule has 0 saturated heterocycles. The van der Waals surface area contributed by atoms with E-state index in [0.717, 1.165) is 6.20 Å². The number of H-pyrrole nitrogens is 1. The molecule has 0 spiro atoms. The molecule has 0 fully saturated rings. The number of aromatic amines is 1. The minimum Gasteiger partial charge on any atom is -0.315 e. The van der Waals surface area contributed by atoms with Crippen LogP contribution in [-0.4, -0.2) is 22.3 Å². The van der Waals surface area contributed by atoms with E-state index < -0.39 is 12.1 Å². The van der Waals surface area contributed by atoms with Crippen molar-refractivity contribution in [2.45, 2.75) is 13.1 Å². The Kier molecular flexibility index (Phi) is 2.26. The zero-order valence-corrected chi connectivity index (χ0v) is 6.57. The Morgan fingerprint density at radius 3 is 2.62 bits per heavy atom. The predicted octanol–water partition coefficient (Wildman–Crippen LogP) is 1.22. The second-order valence-electron chi connectivity index (χ2n) is 2.36. The molecule has 1 amide bonds. The molecule has 7 heteroatoms. The lowest BCUT2D eigenvalue weighted by Gasteiger charge is -2.05. The van der Waals surface area contributed by atoms with Gasteiger partial charge in [0, 0.05) is 0 Å². The Hall–Kier alpha value is -1.53. The number of amides is 1. The molecule has 0 saturated carbocycles. The lowest BCUT2D eigenvalue weighted by Crippen LogP contribution is -2.30. The number of hydrogen-bond acceptors (Lipinski definition) is 2. The van der Waals surface area contributed by atoms with Crippen LogP contribution in [0.15, 0.2) is 6.20 Å². The van der Waals surface area contributed by atoms with Crippen LogP contribution in [0.4, 0.5) is 18.9 Å². The first-order chi connectivity index (χ1) is 5.91. The lowest BCUT2D eigenvalue weighted by atomic mass is 10.4. The topological polar surface area (TPSA) is 57.8 Å². The predicted molar refractivity (Wildman–Crippen MR) is 38.0 cm³/mol. The van der Waals surface area contributed by atoms with E-state index in [4.69, 9.17) is 0 Å². The minimum absolute atomic E-state index is 0.0299. The van der Waals surface area contributed by atoms with Crippen LogP contribution in [0.1, 0.15) is 5.69 Å². The van der Waals surface area contributed by atoms with Crippen LogP contribution in [0.5, 0.6) is 0 Å². The summed E-state index contributed by atoms with van der Waals surface area (Å²) in [6.45, 7) is 1.50. The highest BCUT2D eigenvalue weighted by Crippen LogP contribution is 2.18. The molecule has 0 aliphatic rings. The van der Waals surface area contributed by atoms with Crippen molar-refractivity contribution in [1.82, 2.24) is 10.2 Å². The lowest BCUT2D eigenvalue weighted by molar-refractivity contribution is -0.167. The average Bonchev–Trinajstić information content (AvgIpc) is 2.34. The minimum atomic E-state index is -4.87. The summed E-state index contributed by atoms with van der Waals surface area (Å²) >= 11 is 0. The van der Waals surface area contributed by atoms with Crippen molar-refractivity contribution in [1.29, 1.82) is 0 Å². The maximum Gasteiger partial charge on any atom is 0.471 e. The molecule has 0 radical (unpaired) electrons. The average molecular weight is 193 g/mol. The van der Waals surface area contributed by atoms with E-state index in [1.54, 1.807) is 5.32 Å². The van der Waals surface area contributed by atoms with E-state index >= 15 is 0 Å². The monoisotopic (exact) mass is 193 g/mol. The van der Waals surface area contributed by atoms with Gasteiger partial charge < -0.3 is 5.32 Å². The number of rotatable bonds is 1. The summed E-state index contributed by atoms with van der Waals surface area (Å²) in [5.41, 5.74) is 0.403. The largest absolute Gasteiger partial charge is 0.471 e. The zero-order valence-electron chi connectivity index (χ0n) is 6.57. The molecule has 2 N–H and O–H groups in total. The van der Waals surface area contributed by atoms with Crippen molar-refractivity contribution in [3.8, 4) is 0 Å². The molecule has 1 aromatic rings. The van der Waals surface area contributed by atoms with Crippen molar-refractivity contribution < 1.29 is 18.0 Å². The first kappa shape index (κ1) is 9.56. The summed E-state index contributed by atoms with van der Waals surface area (Å²) in [7, 11) is 0. The third-order valence-corrected chi connectivity index (χ3v) is 1.34. The van der Waals surface area contributed by atoms with Gasteiger partial charge in [-0.05, 0) is 6.92 Å². The van der Waals surface area contributed by atoms with E-state index in [0.29, 0.717) is 5.69 Å². The van der Waals surface area contributed by atoms with Crippen LogP contribution >= 0.6 is 0 Å². The number of halogens is 3. The molecule has 72 valence electrons. The molecule has 1 aromatic heterocycles. The van der Waals surface area contributed by atoms with Crippen molar-refractivity contribution >= 4 is 11.6 Å². The standard InChI is InChI=1S/C6H6F3N3O/c1-3-4(2-10-12-3)11-5(13)6(7,8)9/h2H,1H3,(H,10,12)(H,11,13). The van der Waals surface area contributed by atoms with Crippen LogP contribution in [0, 0.1) is 6.92 Å². The van der Waals surface area contributed by atoms with Crippen molar-refractivity contribution in [3.63, 3.8) is 0 Å². The summed E-state index contributed by atoms with van der Waals surface area (Å²) in [4.78, 5) is 10.4. The van der Waals surface area contributed by atoms with E-state index in [-0.39, 0.29) is 5.69 Å². The summed E-state index contributed by atoms with van der Waals surface area (Å²) in [6.07, 6.45) is -3.76. The molecule has 1 rings (SSSR count). The SMILES string of the molecule is Cc1[nH]ncc1NC(=O)C(F)(F)F. The van der Waals surface area contributed by atoms with Gasteiger partial charge >= 0.3 is 12.1 Å². The quantitative estimate of drug-likeness (QED) is 0.704. The fourth-order valence-corrected chi connectivity index (χ4v) is 0.670. The fourth-order valence-electron chi connectivity index (χ4n) is 0.670. The smallest absolute Gasteiger partial charge is 0.315 e. The Morgan fingerprint density at radius 1 is 1.62 bits per heavy atom. The maximum atomic E-state index is 11.7. The maximum absolute atomic E-state index is 11.7. The van der Waals surface area contributed by atoms with Gasteiger partial charge in [-0.3, -0.25) is 9.89 Å². The van der Waals surface area contributed by atoms with Gasteiger partial charge in [-0.25, -0.2) is 0 Å². The fraction of sp³-hybridized carbons (Fsp3) is 0.333. The zero-order chi connectivity index (χ0) is 10.1. The van der Waals surface area contributed by atoms with Crippen molar-refractivity contribution in [2.75, 3.05) is 5.32 Å². The third kappa shape index (κ3) is 2.20. The van der Waals surface area contributed by atoms with Gasteiger partial charge in [0.15, 0.2) is 0 Å². The molecular weight excluding hydrogens is 187 g/mol. The second kappa shape index (κ2) is 3.08. The Bertz CT molecular complexity index is 317. The molecule has 0 aromatic carbocycles. The molecule has 1 heterocycles. The highest BCUT2D eigenvalue weighted by molar-refractivity contribution is 5.95. The molecule has 0 aliphatic carbocycles. The van der Waals surface area contributed by atoms with Crippen molar-refractivity contribution in [3.05, 3.63) is 11.9 Å². The highest BCUT2D eigenvalue weighted by Gasteiger charge is 2.38. The molecular formula is C6H6F3N3O. The van der Waals surface area contributed by atoms with Gasteiger partial charge in [-0.2, -0.15) is 18.3 Å². The molecule has 0 bridgehead atoms. The number of hydrogen-bond donors (Lipinski definition) is 2. The van der Waals surface area contributed by atoms with Crippen LogP contribution in [-0.2, 0) is 4.79 Å². The van der Waals surface area contributed by atoms with E-state index in [1.165, 1.54) is 6.92 Å². The number of nitrogens with zero attached hydrogens (tertiary/aromatic N) is 1. The normalized spacial score (nSPS) is 11.4. The number of carbonyl (C=O) groups excluding carboxylic acids is 1. The molecule has 0 aliphatic heterocycles. The number of aromatic nitrogens is 2. The van der Waals surface area contributed by atoms with Gasteiger partial charge in [-0.15, -0.1) is 0 Å². The number of aryl methyl sites for hydroxylation is 1. The number of nitrogens with one attached hydrogen (secondary N) is 2. The van der Waals surface area contributed by atoms with E-state index in [9.17, 15) is 18.0 Å². The summed E-state index contributed by atoms with van der Waals surface area (Å²) in [5.74, 6) is -2.00. The Balaban J connectivity index is 2.71. The van der Waals surface area contributed by atoms with Crippen LogP contribution in [0.25, 0.3) is 0 Å². The molecule has 13 heavy (non-hydrogen) atoms. The number of carbonyl (C=O) groups is 1. The van der Waals surface area contributed by atoms with Crippen LogP contribution in [0.2, 0.25) is 0 Å². The van der Waals surface area contributed by atoms with Crippen molar-refractivity contribution in [2.24, 2.45) is 0 Å². The van der Waals surface area contributed by atoms with Crippen LogP contribution in [0.3, 0.4) is 0 Å². The van der Waals surface area contributed by atoms with E-state index in [2.05, 4.69) is 10.2 Å². The number of anilines is 1. The molecule has 0 unspecified atom stereocenters. The van der Waals surface area contributed by atoms with Crippen LogP contribution < -0.4 is 5.32 Å². The highest BCUT2D eigenvalue weighted by atomic mass is 19.4. The first-order valence-corrected chi connectivity index (χ1v) is 3.29. The Labute approximate surface area is 71.1 Å².